The average Bonchev–Trinajstić information content (AvgIpc) is 2.67. The Morgan fingerprint density at radius 1 is 1.11 bits per heavy atom. The Balaban J connectivity index is 1.78. The summed E-state index contributed by atoms with van der Waals surface area (Å²) >= 11 is 6.06. The number of halogens is 1. The third-order valence-electron chi connectivity index (χ3n) is 4.42. The van der Waals surface area contributed by atoms with Crippen molar-refractivity contribution in [2.75, 3.05) is 33.0 Å². The summed E-state index contributed by atoms with van der Waals surface area (Å²) in [5, 5.41) is 13.9. The fourth-order valence-electron chi connectivity index (χ4n) is 2.90. The first-order chi connectivity index (χ1) is 13.1. The Kier molecular flexibility index (Phi) is 9.64. The first kappa shape index (κ1) is 21.7. The van der Waals surface area contributed by atoms with Crippen LogP contribution in [0, 0.1) is 0 Å². The van der Waals surface area contributed by atoms with Crippen LogP contribution in [0.25, 0.3) is 0 Å². The molecule has 1 unspecified atom stereocenters. The molecule has 2 aromatic carbocycles. The lowest BCUT2D eigenvalue weighted by molar-refractivity contribution is 0.110. The van der Waals surface area contributed by atoms with Crippen LogP contribution in [-0.4, -0.2) is 44.1 Å². The van der Waals surface area contributed by atoms with E-state index in [2.05, 4.69) is 24.4 Å². The van der Waals surface area contributed by atoms with Gasteiger partial charge in [-0.05, 0) is 55.7 Å². The summed E-state index contributed by atoms with van der Waals surface area (Å²) in [7, 11) is 0. The van der Waals surface area contributed by atoms with Gasteiger partial charge in [0.1, 0.15) is 12.4 Å². The van der Waals surface area contributed by atoms with E-state index >= 15 is 0 Å². The largest absolute Gasteiger partial charge is 0.491 e. The molecule has 0 radical (unpaired) electrons. The van der Waals surface area contributed by atoms with Crippen molar-refractivity contribution < 1.29 is 14.6 Å². The molecule has 0 spiro atoms. The van der Waals surface area contributed by atoms with Gasteiger partial charge in [-0.15, -0.1) is 0 Å². The highest BCUT2D eigenvalue weighted by molar-refractivity contribution is 6.30. The SMILES string of the molecule is CCOCCOc1ccc(C[C@@H](C)NCC(CO)c2cccc(Cl)c2)cc1. The zero-order chi connectivity index (χ0) is 19.5. The normalized spacial score (nSPS) is 13.3. The minimum atomic E-state index is 0.0345. The van der Waals surface area contributed by atoms with Gasteiger partial charge in [0.15, 0.2) is 0 Å². The predicted molar refractivity (Wildman–Crippen MR) is 111 cm³/mol. The second kappa shape index (κ2) is 12.0. The van der Waals surface area contributed by atoms with E-state index in [1.807, 2.05) is 43.3 Å². The zero-order valence-corrected chi connectivity index (χ0v) is 16.9. The van der Waals surface area contributed by atoms with Crippen LogP contribution in [0.5, 0.6) is 5.75 Å². The summed E-state index contributed by atoms with van der Waals surface area (Å²) in [5.74, 6) is 0.896. The molecule has 0 heterocycles. The molecular formula is C22H30ClNO3. The van der Waals surface area contributed by atoms with E-state index in [9.17, 15) is 5.11 Å². The fourth-order valence-corrected chi connectivity index (χ4v) is 3.10. The monoisotopic (exact) mass is 391 g/mol. The smallest absolute Gasteiger partial charge is 0.119 e. The molecule has 0 aliphatic heterocycles. The lowest BCUT2D eigenvalue weighted by atomic mass is 9.99. The minimum absolute atomic E-state index is 0.0345. The van der Waals surface area contributed by atoms with Crippen LogP contribution < -0.4 is 10.1 Å². The summed E-state index contributed by atoms with van der Waals surface area (Å²) in [4.78, 5) is 0. The lowest BCUT2D eigenvalue weighted by Gasteiger charge is -2.20. The number of benzene rings is 2. The quantitative estimate of drug-likeness (QED) is 0.536. The molecule has 0 aromatic heterocycles. The van der Waals surface area contributed by atoms with Crippen LogP contribution >= 0.6 is 11.6 Å². The van der Waals surface area contributed by atoms with Crippen molar-refractivity contribution in [2.24, 2.45) is 0 Å². The number of hydrogen-bond acceptors (Lipinski definition) is 4. The molecule has 0 aliphatic carbocycles. The van der Waals surface area contributed by atoms with Crippen molar-refractivity contribution in [3.8, 4) is 5.75 Å². The molecule has 0 amide bonds. The Bertz CT molecular complexity index is 663. The van der Waals surface area contributed by atoms with Crippen molar-refractivity contribution in [3.05, 3.63) is 64.7 Å². The molecule has 2 rings (SSSR count). The first-order valence-corrected chi connectivity index (χ1v) is 9.89. The number of hydrogen-bond donors (Lipinski definition) is 2. The third-order valence-corrected chi connectivity index (χ3v) is 4.65. The summed E-state index contributed by atoms with van der Waals surface area (Å²) in [6.45, 7) is 6.81. The fraction of sp³-hybridized carbons (Fsp3) is 0.455. The molecule has 2 N–H and O–H groups in total. The zero-order valence-electron chi connectivity index (χ0n) is 16.2. The Labute approximate surface area is 167 Å². The Hall–Kier alpha value is -1.59. The molecule has 0 bridgehead atoms. The van der Waals surface area contributed by atoms with E-state index in [1.165, 1.54) is 5.56 Å². The number of aliphatic hydroxyl groups is 1. The molecule has 4 nitrogen and oxygen atoms in total. The standard InChI is InChI=1S/C22H30ClNO3/c1-3-26-11-12-27-22-9-7-18(8-10-22)13-17(2)24-15-20(16-25)19-5-4-6-21(23)14-19/h4-10,14,17,20,24-25H,3,11-13,15-16H2,1-2H3/t17-,20?/m1/s1. The minimum Gasteiger partial charge on any atom is -0.491 e. The summed E-state index contributed by atoms with van der Waals surface area (Å²) in [6, 6.07) is 16.2. The number of aliphatic hydroxyl groups excluding tert-OH is 1. The van der Waals surface area contributed by atoms with E-state index < -0.39 is 0 Å². The molecule has 0 saturated heterocycles. The third kappa shape index (κ3) is 7.89. The number of rotatable bonds is 12. The van der Waals surface area contributed by atoms with Crippen LogP contribution in [0.4, 0.5) is 0 Å². The maximum Gasteiger partial charge on any atom is 0.119 e. The van der Waals surface area contributed by atoms with E-state index in [-0.39, 0.29) is 12.5 Å². The first-order valence-electron chi connectivity index (χ1n) is 9.51. The second-order valence-corrected chi connectivity index (χ2v) is 7.07. The maximum atomic E-state index is 9.70. The van der Waals surface area contributed by atoms with Gasteiger partial charge in [0.05, 0.1) is 13.2 Å². The van der Waals surface area contributed by atoms with E-state index in [4.69, 9.17) is 21.1 Å². The molecule has 0 fully saturated rings. The molecule has 2 aromatic rings. The van der Waals surface area contributed by atoms with Gasteiger partial charge in [0.2, 0.25) is 0 Å². The van der Waals surface area contributed by atoms with Gasteiger partial charge in [-0.3, -0.25) is 0 Å². The van der Waals surface area contributed by atoms with Crippen LogP contribution in [0.15, 0.2) is 48.5 Å². The Morgan fingerprint density at radius 2 is 1.89 bits per heavy atom. The van der Waals surface area contributed by atoms with Crippen molar-refractivity contribution in [2.45, 2.75) is 32.2 Å². The predicted octanol–water partition coefficient (Wildman–Crippen LogP) is 4.05. The molecular weight excluding hydrogens is 362 g/mol. The number of nitrogens with one attached hydrogen (secondary N) is 1. The molecule has 148 valence electrons. The summed E-state index contributed by atoms with van der Waals surface area (Å²) in [5.41, 5.74) is 2.30. The average molecular weight is 392 g/mol. The van der Waals surface area contributed by atoms with Crippen molar-refractivity contribution in [3.63, 3.8) is 0 Å². The molecule has 2 atom stereocenters. The number of ether oxygens (including phenoxy) is 2. The van der Waals surface area contributed by atoms with Crippen LogP contribution in [0.1, 0.15) is 30.9 Å². The topological polar surface area (TPSA) is 50.7 Å². The van der Waals surface area contributed by atoms with Crippen molar-refractivity contribution in [1.82, 2.24) is 5.32 Å². The van der Waals surface area contributed by atoms with Crippen molar-refractivity contribution >= 4 is 11.6 Å². The summed E-state index contributed by atoms with van der Waals surface area (Å²) < 4.78 is 10.9. The van der Waals surface area contributed by atoms with Gasteiger partial charge in [-0.2, -0.15) is 0 Å². The highest BCUT2D eigenvalue weighted by Crippen LogP contribution is 2.19. The molecule has 0 saturated carbocycles. The van der Waals surface area contributed by atoms with Gasteiger partial charge in [-0.25, -0.2) is 0 Å². The second-order valence-electron chi connectivity index (χ2n) is 6.64. The molecule has 0 aliphatic rings. The van der Waals surface area contributed by atoms with Gasteiger partial charge < -0.3 is 19.9 Å². The van der Waals surface area contributed by atoms with Crippen LogP contribution in [0.3, 0.4) is 0 Å². The van der Waals surface area contributed by atoms with Gasteiger partial charge in [0, 0.05) is 30.1 Å². The lowest BCUT2D eigenvalue weighted by Crippen LogP contribution is -2.33. The Morgan fingerprint density at radius 3 is 2.56 bits per heavy atom. The van der Waals surface area contributed by atoms with Gasteiger partial charge >= 0.3 is 0 Å². The van der Waals surface area contributed by atoms with E-state index in [0.29, 0.717) is 37.4 Å². The maximum absolute atomic E-state index is 9.70. The van der Waals surface area contributed by atoms with Crippen LogP contribution in [-0.2, 0) is 11.2 Å². The highest BCUT2D eigenvalue weighted by Gasteiger charge is 2.12. The van der Waals surface area contributed by atoms with Gasteiger partial charge in [-0.1, -0.05) is 35.9 Å². The van der Waals surface area contributed by atoms with E-state index in [1.54, 1.807) is 0 Å². The highest BCUT2D eigenvalue weighted by atomic mass is 35.5. The van der Waals surface area contributed by atoms with E-state index in [0.717, 1.165) is 17.7 Å². The van der Waals surface area contributed by atoms with Crippen LogP contribution in [0.2, 0.25) is 5.02 Å². The molecule has 5 heteroatoms. The summed E-state index contributed by atoms with van der Waals surface area (Å²) in [6.07, 6.45) is 0.910. The van der Waals surface area contributed by atoms with Crippen molar-refractivity contribution in [1.29, 1.82) is 0 Å². The molecule has 27 heavy (non-hydrogen) atoms. The van der Waals surface area contributed by atoms with Gasteiger partial charge in [0.25, 0.3) is 0 Å².